The maximum Gasteiger partial charge on any atom is 0.348 e. The Morgan fingerprint density at radius 3 is 3.00 bits per heavy atom. The van der Waals surface area contributed by atoms with E-state index in [1.807, 2.05) is 19.1 Å². The van der Waals surface area contributed by atoms with E-state index in [1.54, 1.807) is 6.07 Å². The lowest BCUT2D eigenvalue weighted by atomic mass is 10.2. The Morgan fingerprint density at radius 1 is 1.50 bits per heavy atom. The number of hydrogen-bond acceptors (Lipinski definition) is 3. The Morgan fingerprint density at radius 2 is 2.29 bits per heavy atom. The largest absolute Gasteiger partial charge is 0.485 e. The summed E-state index contributed by atoms with van der Waals surface area (Å²) in [4.78, 5) is 10.6. The summed E-state index contributed by atoms with van der Waals surface area (Å²) in [5.74, 6) is 0.105. The lowest BCUT2D eigenvalue weighted by molar-refractivity contribution is -0.147. The molecule has 0 aliphatic carbocycles. The molecule has 0 fully saturated rings. The van der Waals surface area contributed by atoms with Gasteiger partial charge in [0, 0.05) is 0 Å². The summed E-state index contributed by atoms with van der Waals surface area (Å²) in [7, 11) is 0. The third-order valence-corrected chi connectivity index (χ3v) is 2.03. The number of aliphatic carboxylic acids is 1. The molecular formula is C10H10O4. The van der Waals surface area contributed by atoms with Crippen molar-refractivity contribution in [1.29, 1.82) is 0 Å². The Kier molecular flexibility index (Phi) is 2.04. The second-order valence-electron chi connectivity index (χ2n) is 3.21. The van der Waals surface area contributed by atoms with Crippen molar-refractivity contribution >= 4 is 5.97 Å². The van der Waals surface area contributed by atoms with Gasteiger partial charge in [0.05, 0.1) is 0 Å². The van der Waals surface area contributed by atoms with Crippen molar-refractivity contribution in [2.75, 3.05) is 6.61 Å². The van der Waals surface area contributed by atoms with Crippen molar-refractivity contribution in [1.82, 2.24) is 0 Å². The highest BCUT2D eigenvalue weighted by molar-refractivity contribution is 5.73. The number of ether oxygens (including phenoxy) is 2. The average Bonchev–Trinajstić information content (AvgIpc) is 2.16. The predicted octanol–water partition coefficient (Wildman–Crippen LogP) is 1.22. The lowest BCUT2D eigenvalue weighted by Gasteiger charge is -2.23. The molecule has 0 spiro atoms. The minimum atomic E-state index is -1.00. The van der Waals surface area contributed by atoms with Crippen LogP contribution in [-0.2, 0) is 4.79 Å². The molecule has 4 nitrogen and oxygen atoms in total. The van der Waals surface area contributed by atoms with E-state index >= 15 is 0 Å². The highest BCUT2D eigenvalue weighted by Crippen LogP contribution is 2.32. The van der Waals surface area contributed by atoms with E-state index in [-0.39, 0.29) is 6.61 Å². The normalized spacial score (nSPS) is 19.1. The van der Waals surface area contributed by atoms with Gasteiger partial charge in [-0.3, -0.25) is 0 Å². The van der Waals surface area contributed by atoms with Crippen molar-refractivity contribution in [3.63, 3.8) is 0 Å². The van der Waals surface area contributed by atoms with Crippen LogP contribution in [0, 0.1) is 6.92 Å². The molecule has 0 bridgehead atoms. The third kappa shape index (κ3) is 1.51. The van der Waals surface area contributed by atoms with E-state index in [2.05, 4.69) is 0 Å². The van der Waals surface area contributed by atoms with Gasteiger partial charge < -0.3 is 14.6 Å². The zero-order valence-electron chi connectivity index (χ0n) is 7.69. The Hall–Kier alpha value is -1.71. The summed E-state index contributed by atoms with van der Waals surface area (Å²) in [6, 6.07) is 5.40. The van der Waals surface area contributed by atoms with Crippen LogP contribution in [0.1, 0.15) is 5.56 Å². The van der Waals surface area contributed by atoms with Gasteiger partial charge in [0.2, 0.25) is 6.10 Å². The maximum atomic E-state index is 10.6. The Labute approximate surface area is 81.1 Å². The molecule has 1 aliphatic heterocycles. The fraction of sp³-hybridized carbons (Fsp3) is 0.300. The van der Waals surface area contributed by atoms with Crippen LogP contribution in [-0.4, -0.2) is 23.8 Å². The van der Waals surface area contributed by atoms with E-state index in [0.717, 1.165) is 5.56 Å². The fourth-order valence-electron chi connectivity index (χ4n) is 1.30. The van der Waals surface area contributed by atoms with Crippen molar-refractivity contribution in [3.8, 4) is 11.5 Å². The zero-order chi connectivity index (χ0) is 10.1. The molecule has 0 saturated carbocycles. The van der Waals surface area contributed by atoms with Crippen LogP contribution in [0.25, 0.3) is 0 Å². The molecule has 1 heterocycles. The minimum Gasteiger partial charge on any atom is -0.485 e. The molecule has 2 rings (SSSR count). The molecule has 1 N–H and O–H groups in total. The Bertz CT molecular complexity index is 372. The molecule has 1 aliphatic rings. The van der Waals surface area contributed by atoms with E-state index in [4.69, 9.17) is 14.6 Å². The van der Waals surface area contributed by atoms with Gasteiger partial charge in [0.1, 0.15) is 6.61 Å². The number of carboxylic acid groups (broad SMARTS) is 1. The van der Waals surface area contributed by atoms with E-state index < -0.39 is 12.1 Å². The van der Waals surface area contributed by atoms with Crippen LogP contribution < -0.4 is 9.47 Å². The number of hydrogen-bond donors (Lipinski definition) is 1. The van der Waals surface area contributed by atoms with Crippen LogP contribution in [0.15, 0.2) is 18.2 Å². The van der Waals surface area contributed by atoms with E-state index in [1.165, 1.54) is 0 Å². The average molecular weight is 194 g/mol. The number of carboxylic acids is 1. The van der Waals surface area contributed by atoms with Gasteiger partial charge in [-0.15, -0.1) is 0 Å². The summed E-state index contributed by atoms with van der Waals surface area (Å²) in [6.45, 7) is 2.00. The van der Waals surface area contributed by atoms with Gasteiger partial charge in [0.25, 0.3) is 0 Å². The molecule has 1 aromatic rings. The first-order valence-electron chi connectivity index (χ1n) is 4.30. The third-order valence-electron chi connectivity index (χ3n) is 2.03. The Balaban J connectivity index is 2.27. The van der Waals surface area contributed by atoms with Gasteiger partial charge in [0.15, 0.2) is 11.5 Å². The molecule has 0 radical (unpaired) electrons. The second kappa shape index (κ2) is 3.21. The zero-order valence-corrected chi connectivity index (χ0v) is 7.69. The van der Waals surface area contributed by atoms with Crippen LogP contribution in [0.2, 0.25) is 0 Å². The monoisotopic (exact) mass is 194 g/mol. The van der Waals surface area contributed by atoms with Gasteiger partial charge in [-0.1, -0.05) is 6.07 Å². The number of fused-ring (bicyclic) bond motifs is 1. The highest BCUT2D eigenvalue weighted by atomic mass is 16.6. The molecule has 1 atom stereocenters. The smallest absolute Gasteiger partial charge is 0.348 e. The van der Waals surface area contributed by atoms with Crippen LogP contribution in [0.3, 0.4) is 0 Å². The molecule has 0 amide bonds. The van der Waals surface area contributed by atoms with Gasteiger partial charge in [-0.05, 0) is 24.6 Å². The van der Waals surface area contributed by atoms with Crippen molar-refractivity contribution < 1.29 is 19.4 Å². The molecule has 0 unspecified atom stereocenters. The van der Waals surface area contributed by atoms with Gasteiger partial charge in [-0.2, -0.15) is 0 Å². The molecule has 14 heavy (non-hydrogen) atoms. The topological polar surface area (TPSA) is 55.8 Å². The van der Waals surface area contributed by atoms with Crippen LogP contribution in [0.5, 0.6) is 11.5 Å². The molecule has 0 aromatic heterocycles. The lowest BCUT2D eigenvalue weighted by Crippen LogP contribution is -2.36. The fourth-order valence-corrected chi connectivity index (χ4v) is 1.30. The summed E-state index contributed by atoms with van der Waals surface area (Å²) in [5.41, 5.74) is 1.06. The van der Waals surface area contributed by atoms with Crippen LogP contribution in [0.4, 0.5) is 0 Å². The SMILES string of the molecule is Cc1ccc2c(c1)OC[C@@H](C(=O)O)O2. The number of aryl methyl sites for hydroxylation is 1. The van der Waals surface area contributed by atoms with Crippen molar-refractivity contribution in [3.05, 3.63) is 23.8 Å². The summed E-state index contributed by atoms with van der Waals surface area (Å²) in [6.07, 6.45) is -0.898. The molecular weight excluding hydrogens is 184 g/mol. The number of rotatable bonds is 1. The molecule has 0 saturated heterocycles. The van der Waals surface area contributed by atoms with Gasteiger partial charge >= 0.3 is 5.97 Å². The molecule has 1 aromatic carbocycles. The van der Waals surface area contributed by atoms with E-state index in [0.29, 0.717) is 11.5 Å². The first-order chi connectivity index (χ1) is 6.66. The van der Waals surface area contributed by atoms with Crippen molar-refractivity contribution in [2.45, 2.75) is 13.0 Å². The minimum absolute atomic E-state index is 0.0613. The first kappa shape index (κ1) is 8.87. The quantitative estimate of drug-likeness (QED) is 0.730. The van der Waals surface area contributed by atoms with Gasteiger partial charge in [-0.25, -0.2) is 4.79 Å². The first-order valence-corrected chi connectivity index (χ1v) is 4.30. The predicted molar refractivity (Wildman–Crippen MR) is 48.7 cm³/mol. The van der Waals surface area contributed by atoms with Crippen molar-refractivity contribution in [2.24, 2.45) is 0 Å². The van der Waals surface area contributed by atoms with Crippen LogP contribution >= 0.6 is 0 Å². The number of carbonyl (C=O) groups is 1. The maximum absolute atomic E-state index is 10.6. The summed E-state index contributed by atoms with van der Waals surface area (Å²) < 4.78 is 10.5. The highest BCUT2D eigenvalue weighted by Gasteiger charge is 2.26. The number of benzene rings is 1. The van der Waals surface area contributed by atoms with E-state index in [9.17, 15) is 4.79 Å². The molecule has 4 heteroatoms. The molecule has 74 valence electrons. The second-order valence-corrected chi connectivity index (χ2v) is 3.21. The summed E-state index contributed by atoms with van der Waals surface area (Å²) in [5, 5.41) is 8.71. The summed E-state index contributed by atoms with van der Waals surface area (Å²) >= 11 is 0. The standard InChI is InChI=1S/C10H10O4/c1-6-2-3-7-8(4-6)13-5-9(14-7)10(11)12/h2-4,9H,5H2,1H3,(H,11,12)/t9-/m0/s1.